The fourth-order valence-corrected chi connectivity index (χ4v) is 6.38. The van der Waals surface area contributed by atoms with Gasteiger partial charge in [-0.3, -0.25) is 9.69 Å². The molecule has 2 fully saturated rings. The SMILES string of the molecule is CC1(C(=O)CN2N=C(C3CCCCC3)c3ccccc3N(c3ccc(N(N)C(=NN)NN=N)cc3)C2=O)CCCCC1. The predicted molar refractivity (Wildman–Crippen MR) is 163 cm³/mol. The summed E-state index contributed by atoms with van der Waals surface area (Å²) in [6.45, 7) is 1.97. The van der Waals surface area contributed by atoms with Gasteiger partial charge in [0.2, 0.25) is 0 Å². The number of carbonyl (C=O) groups is 2. The number of para-hydroxylation sites is 1. The molecule has 0 atom stereocenters. The van der Waals surface area contributed by atoms with E-state index in [1.165, 1.54) is 11.4 Å². The van der Waals surface area contributed by atoms with Crippen LogP contribution >= 0.6 is 0 Å². The van der Waals surface area contributed by atoms with Crippen molar-refractivity contribution in [2.24, 2.45) is 38.4 Å². The number of Topliss-reactive ketones (excluding diaryl/α,β-unsaturated/α-hetero) is 1. The lowest BCUT2D eigenvalue weighted by Gasteiger charge is -2.34. The highest BCUT2D eigenvalue weighted by molar-refractivity contribution is 6.14. The summed E-state index contributed by atoms with van der Waals surface area (Å²) in [6, 6.07) is 14.4. The second kappa shape index (κ2) is 12.7. The van der Waals surface area contributed by atoms with E-state index in [0.29, 0.717) is 11.4 Å². The number of nitrogens with two attached hydrogens (primary N) is 2. The van der Waals surface area contributed by atoms with E-state index in [-0.39, 0.29) is 30.2 Å². The Labute approximate surface area is 246 Å². The molecule has 0 spiro atoms. The minimum absolute atomic E-state index is 0.0274. The van der Waals surface area contributed by atoms with Crippen LogP contribution in [0.25, 0.3) is 0 Å². The first kappa shape index (κ1) is 29.2. The minimum Gasteiger partial charge on any atom is -0.320 e. The van der Waals surface area contributed by atoms with Gasteiger partial charge in [-0.15, -0.1) is 5.10 Å². The lowest BCUT2D eigenvalue weighted by atomic mass is 9.72. The monoisotopic (exact) mass is 572 g/mol. The van der Waals surface area contributed by atoms with Crippen LogP contribution in [0.1, 0.15) is 76.7 Å². The van der Waals surface area contributed by atoms with Crippen molar-refractivity contribution >= 4 is 40.5 Å². The number of benzene rings is 2. The number of hydrazone groups is 2. The fourth-order valence-electron chi connectivity index (χ4n) is 6.38. The third-order valence-corrected chi connectivity index (χ3v) is 8.87. The molecule has 1 heterocycles. The molecule has 222 valence electrons. The second-order valence-electron chi connectivity index (χ2n) is 11.6. The summed E-state index contributed by atoms with van der Waals surface area (Å²) in [5.74, 6) is 11.8. The van der Waals surface area contributed by atoms with E-state index in [2.05, 4.69) is 15.8 Å². The van der Waals surface area contributed by atoms with Crippen LogP contribution in [0, 0.1) is 16.9 Å². The highest BCUT2D eigenvalue weighted by atomic mass is 16.2. The number of anilines is 3. The first-order chi connectivity index (χ1) is 20.4. The molecule has 6 N–H and O–H groups in total. The average Bonchev–Trinajstić information content (AvgIpc) is 3.14. The summed E-state index contributed by atoms with van der Waals surface area (Å²) < 4.78 is 0. The maximum Gasteiger partial charge on any atom is 0.349 e. The van der Waals surface area contributed by atoms with Crippen LogP contribution in [-0.4, -0.2) is 35.0 Å². The van der Waals surface area contributed by atoms with Gasteiger partial charge in [-0.1, -0.05) is 68.9 Å². The number of hydrogen-bond donors (Lipinski definition) is 4. The molecule has 0 bridgehead atoms. The van der Waals surface area contributed by atoms with E-state index >= 15 is 0 Å². The maximum atomic E-state index is 14.4. The Kier molecular flexibility index (Phi) is 8.81. The summed E-state index contributed by atoms with van der Waals surface area (Å²) >= 11 is 0. The standard InChI is InChI=1S/C30H40N10O2/c1-30(18-8-3-9-19-30)26(41)20-38-29(42)39(22-14-16-23(17-15-22)40(33)28(34-31)35-37-32)25-13-7-6-12-24(25)27(36-38)21-10-4-2-5-11-21/h6-7,12-17,21H,2-5,8-11,18-20,31,33H2,1H3,(H2,32,34,35). The Bertz CT molecular complexity index is 1360. The minimum atomic E-state index is -0.448. The molecule has 42 heavy (non-hydrogen) atoms. The third kappa shape index (κ3) is 5.85. The van der Waals surface area contributed by atoms with E-state index < -0.39 is 5.41 Å². The van der Waals surface area contributed by atoms with Crippen molar-refractivity contribution < 1.29 is 9.59 Å². The summed E-state index contributed by atoms with van der Waals surface area (Å²) in [4.78, 5) is 29.8. The molecule has 2 aliphatic carbocycles. The van der Waals surface area contributed by atoms with Crippen LogP contribution in [0.5, 0.6) is 0 Å². The van der Waals surface area contributed by atoms with Crippen LogP contribution in [0.4, 0.5) is 21.9 Å². The number of hydrogen-bond acceptors (Lipinski definition) is 8. The first-order valence-electron chi connectivity index (χ1n) is 14.7. The number of amides is 2. The van der Waals surface area contributed by atoms with Crippen LogP contribution in [-0.2, 0) is 4.79 Å². The first-order valence-corrected chi connectivity index (χ1v) is 14.7. The number of guanidine groups is 1. The summed E-state index contributed by atoms with van der Waals surface area (Å²) in [5, 5.41) is 14.2. The zero-order valence-corrected chi connectivity index (χ0v) is 24.1. The van der Waals surface area contributed by atoms with Gasteiger partial charge in [-0.05, 0) is 56.0 Å². The van der Waals surface area contributed by atoms with Crippen molar-refractivity contribution in [1.29, 1.82) is 5.53 Å². The van der Waals surface area contributed by atoms with Gasteiger partial charge in [0, 0.05) is 16.9 Å². The molecular weight excluding hydrogens is 532 g/mol. The largest absolute Gasteiger partial charge is 0.349 e. The molecule has 2 aromatic carbocycles. The Morgan fingerprint density at radius 1 is 1.07 bits per heavy atom. The van der Waals surface area contributed by atoms with E-state index in [9.17, 15) is 9.59 Å². The number of fused-ring (bicyclic) bond motifs is 1. The second-order valence-corrected chi connectivity index (χ2v) is 11.6. The predicted octanol–water partition coefficient (Wildman–Crippen LogP) is 5.53. The highest BCUT2D eigenvalue weighted by Gasteiger charge is 2.39. The van der Waals surface area contributed by atoms with Gasteiger partial charge < -0.3 is 5.84 Å². The average molecular weight is 573 g/mol. The van der Waals surface area contributed by atoms with Crippen LogP contribution in [0.2, 0.25) is 0 Å². The van der Waals surface area contributed by atoms with Gasteiger partial charge in [-0.25, -0.2) is 26.1 Å². The molecule has 5 rings (SSSR count). The van der Waals surface area contributed by atoms with Crippen molar-refractivity contribution in [2.45, 2.75) is 71.1 Å². The summed E-state index contributed by atoms with van der Waals surface area (Å²) in [5.41, 5.74) is 12.5. The lowest BCUT2D eigenvalue weighted by Crippen LogP contribution is -2.45. The van der Waals surface area contributed by atoms with E-state index in [1.807, 2.05) is 31.2 Å². The Balaban J connectivity index is 1.55. The van der Waals surface area contributed by atoms with E-state index in [0.717, 1.165) is 79.8 Å². The molecule has 3 aliphatic rings. The Morgan fingerprint density at radius 3 is 2.40 bits per heavy atom. The fraction of sp³-hybridized carbons (Fsp3) is 0.467. The maximum absolute atomic E-state index is 14.4. The number of rotatable bonds is 7. The number of carbonyl (C=O) groups excluding carboxylic acids is 2. The molecule has 12 heteroatoms. The molecule has 12 nitrogen and oxygen atoms in total. The number of nitrogens with one attached hydrogen (secondary N) is 2. The number of nitrogens with zero attached hydrogens (tertiary/aromatic N) is 6. The van der Waals surface area contributed by atoms with Gasteiger partial charge in [0.1, 0.15) is 6.54 Å². The molecule has 2 aromatic rings. The quantitative estimate of drug-likeness (QED) is 0.112. The zero-order valence-electron chi connectivity index (χ0n) is 24.1. The molecule has 2 saturated carbocycles. The number of ketones is 1. The molecule has 0 unspecified atom stereocenters. The highest BCUT2D eigenvalue weighted by Crippen LogP contribution is 2.40. The molecule has 1 aliphatic heterocycles. The smallest absolute Gasteiger partial charge is 0.320 e. The van der Waals surface area contributed by atoms with Crippen LogP contribution < -0.4 is 27.0 Å². The molecule has 0 radical (unpaired) electrons. The Morgan fingerprint density at radius 2 is 1.74 bits per heavy atom. The topological polar surface area (TPSA) is 169 Å². The van der Waals surface area contributed by atoms with Crippen molar-refractivity contribution in [3.8, 4) is 0 Å². The van der Waals surface area contributed by atoms with Gasteiger partial charge in [0.05, 0.1) is 22.8 Å². The van der Waals surface area contributed by atoms with E-state index in [1.54, 1.807) is 29.2 Å². The van der Waals surface area contributed by atoms with Crippen LogP contribution in [0.3, 0.4) is 0 Å². The normalized spacial score (nSPS) is 19.4. The van der Waals surface area contributed by atoms with Gasteiger partial charge in [0.25, 0.3) is 5.96 Å². The number of hydrazine groups is 1. The van der Waals surface area contributed by atoms with Crippen molar-refractivity contribution in [1.82, 2.24) is 10.4 Å². The molecule has 2 amide bonds. The van der Waals surface area contributed by atoms with Gasteiger partial charge >= 0.3 is 6.03 Å². The zero-order chi connectivity index (χ0) is 29.7. The van der Waals surface area contributed by atoms with Crippen LogP contribution in [0.15, 0.2) is 64.0 Å². The molecule has 0 aromatic heterocycles. The Hall–Kier alpha value is -4.32. The van der Waals surface area contributed by atoms with Gasteiger partial charge in [-0.2, -0.15) is 10.6 Å². The lowest BCUT2D eigenvalue weighted by molar-refractivity contribution is -0.130. The van der Waals surface area contributed by atoms with E-state index in [4.69, 9.17) is 22.3 Å². The third-order valence-electron chi connectivity index (χ3n) is 8.87. The molecule has 0 saturated heterocycles. The summed E-state index contributed by atoms with van der Waals surface area (Å²) in [7, 11) is 0. The number of urea groups is 1. The van der Waals surface area contributed by atoms with Crippen molar-refractivity contribution in [2.75, 3.05) is 16.5 Å². The molecular formula is C30H40N10O2. The van der Waals surface area contributed by atoms with Gasteiger partial charge in [0.15, 0.2) is 5.78 Å². The van der Waals surface area contributed by atoms with Crippen molar-refractivity contribution in [3.05, 3.63) is 54.1 Å². The van der Waals surface area contributed by atoms with Crippen molar-refractivity contribution in [3.63, 3.8) is 0 Å². The summed E-state index contributed by atoms with van der Waals surface area (Å²) in [6.07, 6.45) is 10.3.